The van der Waals surface area contributed by atoms with E-state index >= 15 is 0 Å². The van der Waals surface area contributed by atoms with Gasteiger partial charge in [-0.2, -0.15) is 0 Å². The minimum Gasteiger partial charge on any atom is -0.497 e. The highest BCUT2D eigenvalue weighted by Crippen LogP contribution is 2.24. The van der Waals surface area contributed by atoms with E-state index in [1.807, 2.05) is 18.2 Å². The number of nitrogens with one attached hydrogen (secondary N) is 1. The average molecular weight is 294 g/mol. The van der Waals surface area contributed by atoms with Crippen LogP contribution in [0.15, 0.2) is 18.2 Å². The predicted molar refractivity (Wildman–Crippen MR) is 77.0 cm³/mol. The number of rotatable bonds is 4. The number of benzene rings is 1. The van der Waals surface area contributed by atoms with Crippen LogP contribution in [0.25, 0.3) is 11.0 Å². The van der Waals surface area contributed by atoms with Crippen LogP contribution in [0.3, 0.4) is 0 Å². The maximum absolute atomic E-state index is 11.3. The Labute approximate surface area is 121 Å². The van der Waals surface area contributed by atoms with Gasteiger partial charge in [0.25, 0.3) is 0 Å². The fourth-order valence-corrected chi connectivity index (χ4v) is 2.82. The first kappa shape index (κ1) is 13.2. The molecular weight excluding hydrogens is 278 g/mol. The summed E-state index contributed by atoms with van der Waals surface area (Å²) in [5, 5.41) is 2.97. The standard InChI is InChI=1S/C14H16ClN3O2/c1-20-10-3-4-11-12(6-10)18(13(7-15)17-11)8-9-2-5-14(19)16-9/h3-4,6,9H,2,5,7-8H2,1H3,(H,16,19). The maximum Gasteiger partial charge on any atom is 0.220 e. The summed E-state index contributed by atoms with van der Waals surface area (Å²) in [6, 6.07) is 5.91. The van der Waals surface area contributed by atoms with Crippen molar-refractivity contribution in [1.29, 1.82) is 0 Å². The third-order valence-corrected chi connectivity index (χ3v) is 3.88. The normalized spacial score (nSPS) is 18.5. The van der Waals surface area contributed by atoms with Crippen molar-refractivity contribution in [3.05, 3.63) is 24.0 Å². The fourth-order valence-electron chi connectivity index (χ4n) is 2.62. The molecular formula is C14H16ClN3O2. The zero-order valence-corrected chi connectivity index (χ0v) is 12.0. The molecule has 6 heteroatoms. The smallest absolute Gasteiger partial charge is 0.220 e. The Hall–Kier alpha value is -1.75. The Morgan fingerprint density at radius 1 is 1.55 bits per heavy atom. The van der Waals surface area contributed by atoms with E-state index in [0.29, 0.717) is 18.8 Å². The number of imidazole rings is 1. The van der Waals surface area contributed by atoms with Crippen molar-refractivity contribution in [2.24, 2.45) is 0 Å². The van der Waals surface area contributed by atoms with Crippen molar-refractivity contribution in [1.82, 2.24) is 14.9 Å². The largest absolute Gasteiger partial charge is 0.497 e. The molecule has 1 aromatic heterocycles. The highest BCUT2D eigenvalue weighted by Gasteiger charge is 2.23. The van der Waals surface area contributed by atoms with Crippen LogP contribution in [0.4, 0.5) is 0 Å². The minimum atomic E-state index is 0.115. The maximum atomic E-state index is 11.3. The molecule has 0 bridgehead atoms. The van der Waals surface area contributed by atoms with Gasteiger partial charge >= 0.3 is 0 Å². The lowest BCUT2D eigenvalue weighted by molar-refractivity contribution is -0.119. The number of ether oxygens (including phenoxy) is 1. The molecule has 0 radical (unpaired) electrons. The summed E-state index contributed by atoms with van der Waals surface area (Å²) in [5.74, 6) is 2.06. The Balaban J connectivity index is 1.99. The summed E-state index contributed by atoms with van der Waals surface area (Å²) in [6.45, 7) is 0.692. The lowest BCUT2D eigenvalue weighted by Crippen LogP contribution is -2.30. The predicted octanol–water partition coefficient (Wildman–Crippen LogP) is 2.06. The number of carbonyl (C=O) groups is 1. The number of fused-ring (bicyclic) bond motifs is 1. The molecule has 1 aliphatic heterocycles. The van der Waals surface area contributed by atoms with Gasteiger partial charge in [0.05, 0.1) is 24.0 Å². The van der Waals surface area contributed by atoms with Gasteiger partial charge in [-0.25, -0.2) is 4.98 Å². The molecule has 1 amide bonds. The van der Waals surface area contributed by atoms with Gasteiger partial charge in [0.1, 0.15) is 11.6 Å². The van der Waals surface area contributed by atoms with Gasteiger partial charge in [-0.1, -0.05) is 0 Å². The SMILES string of the molecule is COc1ccc2nc(CCl)n(CC3CCC(=O)N3)c2c1. The van der Waals surface area contributed by atoms with Crippen molar-refractivity contribution in [3.63, 3.8) is 0 Å². The lowest BCUT2D eigenvalue weighted by Gasteiger charge is -2.14. The quantitative estimate of drug-likeness (QED) is 0.878. The summed E-state index contributed by atoms with van der Waals surface area (Å²) < 4.78 is 7.33. The molecule has 1 aromatic carbocycles. The number of carbonyl (C=O) groups excluding carboxylic acids is 1. The van der Waals surface area contributed by atoms with Crippen LogP contribution in [-0.4, -0.2) is 28.6 Å². The van der Waals surface area contributed by atoms with Crippen LogP contribution >= 0.6 is 11.6 Å². The highest BCUT2D eigenvalue weighted by atomic mass is 35.5. The van der Waals surface area contributed by atoms with Crippen molar-refractivity contribution in [2.45, 2.75) is 31.3 Å². The van der Waals surface area contributed by atoms with E-state index in [9.17, 15) is 4.79 Å². The molecule has 0 aliphatic carbocycles. The summed E-state index contributed by atoms with van der Waals surface area (Å²) in [5.41, 5.74) is 1.88. The number of amides is 1. The van der Waals surface area contributed by atoms with E-state index in [2.05, 4.69) is 14.9 Å². The second-order valence-electron chi connectivity index (χ2n) is 4.93. The zero-order valence-electron chi connectivity index (χ0n) is 11.2. The van der Waals surface area contributed by atoms with Gasteiger partial charge in [-0.15, -0.1) is 11.6 Å². The van der Waals surface area contributed by atoms with E-state index in [1.54, 1.807) is 7.11 Å². The molecule has 1 N–H and O–H groups in total. The van der Waals surface area contributed by atoms with Gasteiger partial charge in [0.15, 0.2) is 0 Å². The van der Waals surface area contributed by atoms with E-state index < -0.39 is 0 Å². The van der Waals surface area contributed by atoms with Crippen LogP contribution in [0.5, 0.6) is 5.75 Å². The number of hydrogen-bond acceptors (Lipinski definition) is 3. The highest BCUT2D eigenvalue weighted by molar-refractivity contribution is 6.16. The van der Waals surface area contributed by atoms with Gasteiger partial charge in [-0.3, -0.25) is 4.79 Å². The number of methoxy groups -OCH3 is 1. The number of nitrogens with zero attached hydrogens (tertiary/aromatic N) is 2. The fraction of sp³-hybridized carbons (Fsp3) is 0.429. The molecule has 1 unspecified atom stereocenters. The van der Waals surface area contributed by atoms with Gasteiger partial charge in [0, 0.05) is 25.1 Å². The molecule has 1 fully saturated rings. The lowest BCUT2D eigenvalue weighted by atomic mass is 10.2. The molecule has 1 aliphatic rings. The Bertz CT molecular complexity index is 653. The molecule has 1 saturated heterocycles. The van der Waals surface area contributed by atoms with Crippen LogP contribution in [0, 0.1) is 0 Å². The molecule has 5 nitrogen and oxygen atoms in total. The number of alkyl halides is 1. The first-order valence-corrected chi connectivity index (χ1v) is 7.13. The first-order valence-electron chi connectivity index (χ1n) is 6.59. The molecule has 0 spiro atoms. The van der Waals surface area contributed by atoms with Gasteiger partial charge < -0.3 is 14.6 Å². The van der Waals surface area contributed by atoms with Crippen LogP contribution < -0.4 is 10.1 Å². The van der Waals surface area contributed by atoms with E-state index in [1.165, 1.54) is 0 Å². The third kappa shape index (κ3) is 2.33. The van der Waals surface area contributed by atoms with Crippen molar-refractivity contribution in [3.8, 4) is 5.75 Å². The van der Waals surface area contributed by atoms with E-state index in [-0.39, 0.29) is 11.9 Å². The molecule has 106 valence electrons. The van der Waals surface area contributed by atoms with Crippen LogP contribution in [0.1, 0.15) is 18.7 Å². The Kier molecular flexibility index (Phi) is 3.53. The summed E-state index contributed by atoms with van der Waals surface area (Å²) in [7, 11) is 1.64. The Morgan fingerprint density at radius 2 is 2.40 bits per heavy atom. The molecule has 0 saturated carbocycles. The third-order valence-electron chi connectivity index (χ3n) is 3.64. The average Bonchev–Trinajstić information content (AvgIpc) is 3.03. The molecule has 1 atom stereocenters. The van der Waals surface area contributed by atoms with E-state index in [4.69, 9.17) is 16.3 Å². The molecule has 2 heterocycles. The number of hydrogen-bond donors (Lipinski definition) is 1. The van der Waals surface area contributed by atoms with Crippen LogP contribution in [-0.2, 0) is 17.2 Å². The van der Waals surface area contributed by atoms with Crippen LogP contribution in [0.2, 0.25) is 0 Å². The van der Waals surface area contributed by atoms with E-state index in [0.717, 1.165) is 29.0 Å². The minimum absolute atomic E-state index is 0.115. The number of halogens is 1. The van der Waals surface area contributed by atoms with Gasteiger partial charge in [0.2, 0.25) is 5.91 Å². The summed E-state index contributed by atoms with van der Waals surface area (Å²) in [4.78, 5) is 15.8. The monoisotopic (exact) mass is 293 g/mol. The summed E-state index contributed by atoms with van der Waals surface area (Å²) >= 11 is 5.99. The van der Waals surface area contributed by atoms with Crippen molar-refractivity contribution < 1.29 is 9.53 Å². The number of aromatic nitrogens is 2. The van der Waals surface area contributed by atoms with Gasteiger partial charge in [-0.05, 0) is 18.6 Å². The Morgan fingerprint density at radius 3 is 3.05 bits per heavy atom. The second-order valence-corrected chi connectivity index (χ2v) is 5.20. The van der Waals surface area contributed by atoms with Crippen molar-refractivity contribution >= 4 is 28.5 Å². The second kappa shape index (κ2) is 5.32. The first-order chi connectivity index (χ1) is 9.71. The molecule has 3 rings (SSSR count). The zero-order chi connectivity index (χ0) is 14.1. The summed E-state index contributed by atoms with van der Waals surface area (Å²) in [6.07, 6.45) is 1.45. The topological polar surface area (TPSA) is 56.2 Å². The van der Waals surface area contributed by atoms with Crippen molar-refractivity contribution in [2.75, 3.05) is 7.11 Å². The molecule has 20 heavy (non-hydrogen) atoms. The molecule has 2 aromatic rings.